The van der Waals surface area contributed by atoms with Crippen molar-refractivity contribution in [2.24, 2.45) is 0 Å². The van der Waals surface area contributed by atoms with Crippen LogP contribution in [0.1, 0.15) is 68.9 Å². The van der Waals surface area contributed by atoms with E-state index in [-0.39, 0.29) is 23.7 Å². The van der Waals surface area contributed by atoms with Crippen molar-refractivity contribution >= 4 is 12.0 Å². The molecule has 2 amide bonds. The zero-order valence-corrected chi connectivity index (χ0v) is 23.8. The number of amides is 2. The second-order valence-corrected chi connectivity index (χ2v) is 11.5. The Hall–Kier alpha value is -2.98. The van der Waals surface area contributed by atoms with Gasteiger partial charge in [-0.25, -0.2) is 13.9 Å². The van der Waals surface area contributed by atoms with Gasteiger partial charge in [0.2, 0.25) is 0 Å². The third-order valence-electron chi connectivity index (χ3n) is 7.50. The number of likely N-dealkylation sites (N-methyl/N-ethyl adjacent to an activating group) is 1. The largest absolute Gasteiger partial charge is 0.444 e. The number of likely N-dealkylation sites (tertiary alicyclic amines) is 1. The van der Waals surface area contributed by atoms with Gasteiger partial charge in [-0.3, -0.25) is 4.79 Å². The number of hydrogen-bond donors (Lipinski definition) is 1. The molecular weight excluding hydrogens is 499 g/mol. The van der Waals surface area contributed by atoms with Gasteiger partial charge >= 0.3 is 6.09 Å². The number of piperazine rings is 1. The quantitative estimate of drug-likeness (QED) is 0.510. The van der Waals surface area contributed by atoms with Gasteiger partial charge in [0.15, 0.2) is 0 Å². The van der Waals surface area contributed by atoms with E-state index in [0.29, 0.717) is 43.7 Å². The molecule has 2 aromatic rings. The average molecular weight is 543 g/mol. The van der Waals surface area contributed by atoms with E-state index in [1.165, 1.54) is 12.1 Å². The predicted molar refractivity (Wildman–Crippen MR) is 149 cm³/mol. The Morgan fingerprint density at radius 2 is 1.67 bits per heavy atom. The number of piperidine rings is 1. The SMILES string of the molecule is CCN1CCN(CCCNC(=O)c2cnn(-c3ccc(F)cc3)c2C2CCN(C(=O)OC(C)(C)C)CC2)CC1. The first-order chi connectivity index (χ1) is 18.6. The zero-order valence-electron chi connectivity index (χ0n) is 23.8. The van der Waals surface area contributed by atoms with E-state index in [4.69, 9.17) is 4.74 Å². The van der Waals surface area contributed by atoms with Crippen LogP contribution in [-0.4, -0.2) is 101 Å². The number of rotatable bonds is 8. The van der Waals surface area contributed by atoms with Gasteiger partial charge in [0.05, 0.1) is 23.1 Å². The van der Waals surface area contributed by atoms with Crippen molar-refractivity contribution < 1.29 is 18.7 Å². The average Bonchev–Trinajstić information content (AvgIpc) is 3.36. The minimum Gasteiger partial charge on any atom is -0.444 e. The molecule has 3 heterocycles. The van der Waals surface area contributed by atoms with E-state index >= 15 is 0 Å². The van der Waals surface area contributed by atoms with Crippen molar-refractivity contribution in [3.05, 3.63) is 47.5 Å². The van der Waals surface area contributed by atoms with E-state index in [1.54, 1.807) is 27.9 Å². The molecule has 0 saturated carbocycles. The summed E-state index contributed by atoms with van der Waals surface area (Å²) in [6.45, 7) is 15.8. The van der Waals surface area contributed by atoms with E-state index in [0.717, 1.165) is 51.4 Å². The molecule has 0 bridgehead atoms. The van der Waals surface area contributed by atoms with Crippen LogP contribution in [0.25, 0.3) is 5.69 Å². The molecule has 0 aliphatic carbocycles. The first-order valence-electron chi connectivity index (χ1n) is 14.2. The van der Waals surface area contributed by atoms with Crippen LogP contribution < -0.4 is 5.32 Å². The number of aromatic nitrogens is 2. The number of ether oxygens (including phenoxy) is 1. The summed E-state index contributed by atoms with van der Waals surface area (Å²) in [5.41, 5.74) is 1.49. The van der Waals surface area contributed by atoms with Crippen LogP contribution in [-0.2, 0) is 4.74 Å². The Bertz CT molecular complexity index is 1100. The highest BCUT2D eigenvalue weighted by molar-refractivity contribution is 5.95. The molecule has 39 heavy (non-hydrogen) atoms. The van der Waals surface area contributed by atoms with E-state index < -0.39 is 5.60 Å². The molecule has 1 aromatic heterocycles. The smallest absolute Gasteiger partial charge is 0.410 e. The van der Waals surface area contributed by atoms with Gasteiger partial charge in [0.25, 0.3) is 5.91 Å². The number of benzene rings is 1. The maximum atomic E-state index is 13.6. The molecule has 1 N–H and O–H groups in total. The fourth-order valence-electron chi connectivity index (χ4n) is 5.30. The number of carbonyl (C=O) groups excluding carboxylic acids is 2. The molecule has 0 spiro atoms. The Balaban J connectivity index is 1.42. The summed E-state index contributed by atoms with van der Waals surface area (Å²) in [4.78, 5) is 32.5. The first-order valence-corrected chi connectivity index (χ1v) is 14.2. The lowest BCUT2D eigenvalue weighted by atomic mass is 9.91. The molecule has 10 heteroatoms. The van der Waals surface area contributed by atoms with E-state index in [1.807, 2.05) is 20.8 Å². The fraction of sp³-hybridized carbons (Fsp3) is 0.621. The van der Waals surface area contributed by atoms with Crippen molar-refractivity contribution in [2.75, 3.05) is 58.9 Å². The molecule has 0 atom stereocenters. The lowest BCUT2D eigenvalue weighted by Crippen LogP contribution is -2.46. The summed E-state index contributed by atoms with van der Waals surface area (Å²) in [6, 6.07) is 6.13. The van der Waals surface area contributed by atoms with Crippen molar-refractivity contribution in [3.8, 4) is 5.69 Å². The third kappa shape index (κ3) is 7.79. The number of halogens is 1. The second-order valence-electron chi connectivity index (χ2n) is 11.5. The molecule has 1 aromatic carbocycles. The molecular formula is C29H43FN6O3. The molecule has 214 valence electrons. The third-order valence-corrected chi connectivity index (χ3v) is 7.50. The predicted octanol–water partition coefficient (Wildman–Crippen LogP) is 3.88. The van der Waals surface area contributed by atoms with Crippen LogP contribution in [0.4, 0.5) is 9.18 Å². The lowest BCUT2D eigenvalue weighted by Gasteiger charge is -2.34. The topological polar surface area (TPSA) is 82.9 Å². The van der Waals surface area contributed by atoms with Crippen LogP contribution in [0.15, 0.2) is 30.5 Å². The molecule has 2 saturated heterocycles. The van der Waals surface area contributed by atoms with Crippen LogP contribution in [0.5, 0.6) is 0 Å². The maximum absolute atomic E-state index is 13.6. The van der Waals surface area contributed by atoms with Gasteiger partial charge in [-0.1, -0.05) is 6.92 Å². The molecule has 0 radical (unpaired) electrons. The Kier molecular flexibility index (Phi) is 9.61. The lowest BCUT2D eigenvalue weighted by molar-refractivity contribution is 0.0203. The van der Waals surface area contributed by atoms with Gasteiger partial charge in [0, 0.05) is 51.7 Å². The molecule has 4 rings (SSSR count). The molecule has 2 aliphatic heterocycles. The van der Waals surface area contributed by atoms with Gasteiger partial charge in [-0.2, -0.15) is 5.10 Å². The van der Waals surface area contributed by atoms with Crippen LogP contribution in [0, 0.1) is 5.82 Å². The second kappa shape index (κ2) is 12.9. The Morgan fingerprint density at radius 1 is 1.03 bits per heavy atom. The summed E-state index contributed by atoms with van der Waals surface area (Å²) < 4.78 is 20.9. The van der Waals surface area contributed by atoms with Crippen molar-refractivity contribution in [2.45, 2.75) is 58.5 Å². The number of nitrogens with zero attached hydrogens (tertiary/aromatic N) is 5. The summed E-state index contributed by atoms with van der Waals surface area (Å²) in [5.74, 6) is -0.456. The monoisotopic (exact) mass is 542 g/mol. The number of nitrogens with one attached hydrogen (secondary N) is 1. The summed E-state index contributed by atoms with van der Waals surface area (Å²) >= 11 is 0. The highest BCUT2D eigenvalue weighted by atomic mass is 19.1. The van der Waals surface area contributed by atoms with Crippen LogP contribution >= 0.6 is 0 Å². The normalized spacial score (nSPS) is 17.8. The van der Waals surface area contributed by atoms with Gasteiger partial charge in [0.1, 0.15) is 11.4 Å². The standard InChI is InChI=1S/C29H43FN6O3/c1-5-33-17-19-34(20-18-33)14-6-13-31-27(37)25-21-32-36(24-9-7-23(30)8-10-24)26(25)22-11-15-35(16-12-22)28(38)39-29(2,3)4/h7-10,21-22H,5-6,11-20H2,1-4H3,(H,31,37). The molecule has 2 aliphatic rings. The summed E-state index contributed by atoms with van der Waals surface area (Å²) in [6.07, 6.45) is 3.53. The van der Waals surface area contributed by atoms with E-state index in [2.05, 4.69) is 27.1 Å². The van der Waals surface area contributed by atoms with Crippen molar-refractivity contribution in [1.29, 1.82) is 0 Å². The minimum atomic E-state index is -0.551. The minimum absolute atomic E-state index is 0.0202. The van der Waals surface area contributed by atoms with Gasteiger partial charge < -0.3 is 24.8 Å². The molecule has 0 unspecified atom stereocenters. The zero-order chi connectivity index (χ0) is 28.0. The van der Waals surface area contributed by atoms with Crippen LogP contribution in [0.3, 0.4) is 0 Å². The number of carbonyl (C=O) groups is 2. The van der Waals surface area contributed by atoms with Crippen molar-refractivity contribution in [3.63, 3.8) is 0 Å². The van der Waals surface area contributed by atoms with Crippen LogP contribution in [0.2, 0.25) is 0 Å². The molecule has 2 fully saturated rings. The Morgan fingerprint density at radius 3 is 2.28 bits per heavy atom. The highest BCUT2D eigenvalue weighted by Crippen LogP contribution is 2.33. The first kappa shape index (κ1) is 29.0. The van der Waals surface area contributed by atoms with Gasteiger partial charge in [-0.15, -0.1) is 0 Å². The van der Waals surface area contributed by atoms with Gasteiger partial charge in [-0.05, 0) is 77.4 Å². The summed E-state index contributed by atoms with van der Waals surface area (Å²) in [5, 5.41) is 7.64. The maximum Gasteiger partial charge on any atom is 0.410 e. The Labute approximate surface area is 231 Å². The summed E-state index contributed by atoms with van der Waals surface area (Å²) in [7, 11) is 0. The fourth-order valence-corrected chi connectivity index (χ4v) is 5.30. The van der Waals surface area contributed by atoms with Crippen molar-refractivity contribution in [1.82, 2.24) is 29.8 Å². The highest BCUT2D eigenvalue weighted by Gasteiger charge is 2.32. The number of hydrogen-bond acceptors (Lipinski definition) is 6. The molecule has 9 nitrogen and oxygen atoms in total. The van der Waals surface area contributed by atoms with E-state index in [9.17, 15) is 14.0 Å².